The molecule has 0 saturated carbocycles. The predicted octanol–water partition coefficient (Wildman–Crippen LogP) is 1.24. The number of hydrogen-bond donors (Lipinski definition) is 1. The van der Waals surface area contributed by atoms with Gasteiger partial charge in [-0.25, -0.2) is 0 Å². The standard InChI is InChI=1S/C15H29N3O2/c1-4-14(19)17-9-6-10-18(12-11-17)15(20)7-5-8-16-13(2)3/h13,16H,4-12H2,1-3H3. The number of nitrogens with one attached hydrogen (secondary N) is 1. The summed E-state index contributed by atoms with van der Waals surface area (Å²) >= 11 is 0. The van der Waals surface area contributed by atoms with Gasteiger partial charge in [0.15, 0.2) is 0 Å². The van der Waals surface area contributed by atoms with Crippen LogP contribution >= 0.6 is 0 Å². The average Bonchev–Trinajstić information content (AvgIpc) is 2.68. The smallest absolute Gasteiger partial charge is 0.222 e. The van der Waals surface area contributed by atoms with Gasteiger partial charge in [-0.15, -0.1) is 0 Å². The number of rotatable bonds is 6. The highest BCUT2D eigenvalue weighted by atomic mass is 16.2. The molecule has 1 N–H and O–H groups in total. The minimum Gasteiger partial charge on any atom is -0.341 e. The van der Waals surface area contributed by atoms with Crippen molar-refractivity contribution in [1.29, 1.82) is 0 Å². The Kier molecular flexibility index (Phi) is 7.59. The Balaban J connectivity index is 2.29. The van der Waals surface area contributed by atoms with E-state index in [9.17, 15) is 9.59 Å². The van der Waals surface area contributed by atoms with Crippen LogP contribution in [0.5, 0.6) is 0 Å². The minimum absolute atomic E-state index is 0.195. The second-order valence-electron chi connectivity index (χ2n) is 5.68. The van der Waals surface area contributed by atoms with Crippen LogP contribution in [0.3, 0.4) is 0 Å². The van der Waals surface area contributed by atoms with E-state index in [1.165, 1.54) is 0 Å². The Bertz CT molecular complexity index is 318. The van der Waals surface area contributed by atoms with Crippen LogP contribution in [0.15, 0.2) is 0 Å². The van der Waals surface area contributed by atoms with Crippen molar-refractivity contribution < 1.29 is 9.59 Å². The van der Waals surface area contributed by atoms with Gasteiger partial charge >= 0.3 is 0 Å². The van der Waals surface area contributed by atoms with E-state index in [-0.39, 0.29) is 11.8 Å². The first-order valence-electron chi connectivity index (χ1n) is 7.83. The van der Waals surface area contributed by atoms with Gasteiger partial charge in [-0.05, 0) is 19.4 Å². The van der Waals surface area contributed by atoms with Gasteiger partial charge in [0.1, 0.15) is 0 Å². The number of nitrogens with zero attached hydrogens (tertiary/aromatic N) is 2. The lowest BCUT2D eigenvalue weighted by Gasteiger charge is -2.22. The molecule has 0 spiro atoms. The number of hydrogen-bond acceptors (Lipinski definition) is 3. The quantitative estimate of drug-likeness (QED) is 0.746. The van der Waals surface area contributed by atoms with E-state index < -0.39 is 0 Å². The van der Waals surface area contributed by atoms with Crippen molar-refractivity contribution in [2.24, 2.45) is 0 Å². The highest BCUT2D eigenvalue weighted by molar-refractivity contribution is 5.77. The summed E-state index contributed by atoms with van der Waals surface area (Å²) in [4.78, 5) is 27.6. The van der Waals surface area contributed by atoms with Crippen molar-refractivity contribution in [3.63, 3.8) is 0 Å². The van der Waals surface area contributed by atoms with Crippen LogP contribution < -0.4 is 5.32 Å². The molecule has 5 nitrogen and oxygen atoms in total. The number of carbonyl (C=O) groups is 2. The topological polar surface area (TPSA) is 52.7 Å². The summed E-state index contributed by atoms with van der Waals surface area (Å²) in [6, 6.07) is 0.469. The average molecular weight is 283 g/mol. The van der Waals surface area contributed by atoms with Gasteiger partial charge in [0.25, 0.3) is 0 Å². The van der Waals surface area contributed by atoms with Crippen molar-refractivity contribution in [3.8, 4) is 0 Å². The molecule has 0 aromatic heterocycles. The summed E-state index contributed by atoms with van der Waals surface area (Å²) in [6.45, 7) is 9.92. The molecular formula is C15H29N3O2. The Morgan fingerprint density at radius 1 is 1.05 bits per heavy atom. The summed E-state index contributed by atoms with van der Waals surface area (Å²) in [6.07, 6.45) is 2.92. The van der Waals surface area contributed by atoms with Crippen molar-refractivity contribution in [2.75, 3.05) is 32.7 Å². The van der Waals surface area contributed by atoms with Gasteiger partial charge in [0.2, 0.25) is 11.8 Å². The molecule has 0 unspecified atom stereocenters. The molecule has 0 radical (unpaired) electrons. The lowest BCUT2D eigenvalue weighted by atomic mass is 10.2. The molecule has 1 aliphatic rings. The Hall–Kier alpha value is -1.10. The third-order valence-corrected chi connectivity index (χ3v) is 3.62. The molecule has 116 valence electrons. The number of carbonyl (C=O) groups excluding carboxylic acids is 2. The maximum atomic E-state index is 12.1. The highest BCUT2D eigenvalue weighted by Gasteiger charge is 2.20. The summed E-state index contributed by atoms with van der Waals surface area (Å²) < 4.78 is 0. The van der Waals surface area contributed by atoms with Crippen molar-refractivity contribution in [2.45, 2.75) is 52.5 Å². The molecule has 20 heavy (non-hydrogen) atoms. The van der Waals surface area contributed by atoms with E-state index in [2.05, 4.69) is 19.2 Å². The summed E-state index contributed by atoms with van der Waals surface area (Å²) in [7, 11) is 0. The second kappa shape index (κ2) is 8.95. The lowest BCUT2D eigenvalue weighted by molar-refractivity contribution is -0.133. The molecule has 1 fully saturated rings. The molecule has 2 amide bonds. The normalized spacial score (nSPS) is 16.4. The van der Waals surface area contributed by atoms with Gasteiger partial charge in [-0.1, -0.05) is 20.8 Å². The summed E-state index contributed by atoms with van der Waals surface area (Å²) in [5.41, 5.74) is 0. The molecule has 1 heterocycles. The molecule has 1 saturated heterocycles. The highest BCUT2D eigenvalue weighted by Crippen LogP contribution is 2.07. The first kappa shape index (κ1) is 17.0. The van der Waals surface area contributed by atoms with E-state index in [0.29, 0.717) is 32.0 Å². The zero-order valence-electron chi connectivity index (χ0n) is 13.2. The van der Waals surface area contributed by atoms with Crippen LogP contribution in [0.4, 0.5) is 0 Å². The molecule has 5 heteroatoms. The van der Waals surface area contributed by atoms with Crippen molar-refractivity contribution >= 4 is 11.8 Å². The third-order valence-electron chi connectivity index (χ3n) is 3.62. The SMILES string of the molecule is CCC(=O)N1CCCN(C(=O)CCCNC(C)C)CC1. The predicted molar refractivity (Wildman–Crippen MR) is 80.4 cm³/mol. The monoisotopic (exact) mass is 283 g/mol. The van der Waals surface area contributed by atoms with E-state index in [4.69, 9.17) is 0 Å². The second-order valence-corrected chi connectivity index (χ2v) is 5.68. The first-order valence-corrected chi connectivity index (χ1v) is 7.83. The molecule has 1 rings (SSSR count). The molecule has 1 aliphatic heterocycles. The fraction of sp³-hybridized carbons (Fsp3) is 0.867. The van der Waals surface area contributed by atoms with Gasteiger partial charge < -0.3 is 15.1 Å². The Labute approximate surface area is 122 Å². The summed E-state index contributed by atoms with van der Waals surface area (Å²) in [5, 5.41) is 3.32. The largest absolute Gasteiger partial charge is 0.341 e. The van der Waals surface area contributed by atoms with Crippen molar-refractivity contribution in [1.82, 2.24) is 15.1 Å². The van der Waals surface area contributed by atoms with E-state index in [1.807, 2.05) is 16.7 Å². The van der Waals surface area contributed by atoms with Crippen LogP contribution in [-0.2, 0) is 9.59 Å². The van der Waals surface area contributed by atoms with Gasteiger partial charge in [0.05, 0.1) is 0 Å². The van der Waals surface area contributed by atoms with Crippen molar-refractivity contribution in [3.05, 3.63) is 0 Å². The fourth-order valence-corrected chi connectivity index (χ4v) is 2.43. The van der Waals surface area contributed by atoms with Gasteiger partial charge in [-0.2, -0.15) is 0 Å². The van der Waals surface area contributed by atoms with Crippen LogP contribution in [0, 0.1) is 0 Å². The Morgan fingerprint density at radius 2 is 1.65 bits per heavy atom. The van der Waals surface area contributed by atoms with Gasteiger partial charge in [0, 0.05) is 45.1 Å². The maximum absolute atomic E-state index is 12.1. The van der Waals surface area contributed by atoms with Crippen LogP contribution in [0.2, 0.25) is 0 Å². The van der Waals surface area contributed by atoms with E-state index in [0.717, 1.165) is 32.5 Å². The van der Waals surface area contributed by atoms with Crippen LogP contribution in [0.25, 0.3) is 0 Å². The van der Waals surface area contributed by atoms with Gasteiger partial charge in [-0.3, -0.25) is 9.59 Å². The molecule has 0 aliphatic carbocycles. The molecule has 0 bridgehead atoms. The minimum atomic E-state index is 0.195. The number of amides is 2. The fourth-order valence-electron chi connectivity index (χ4n) is 2.43. The maximum Gasteiger partial charge on any atom is 0.222 e. The zero-order valence-corrected chi connectivity index (χ0v) is 13.2. The molecular weight excluding hydrogens is 254 g/mol. The molecule has 0 atom stereocenters. The van der Waals surface area contributed by atoms with E-state index >= 15 is 0 Å². The molecule has 0 aromatic carbocycles. The summed E-state index contributed by atoms with van der Waals surface area (Å²) in [5.74, 6) is 0.418. The van der Waals surface area contributed by atoms with Crippen LogP contribution in [0.1, 0.15) is 46.5 Å². The third kappa shape index (κ3) is 5.90. The van der Waals surface area contributed by atoms with Crippen LogP contribution in [-0.4, -0.2) is 60.4 Å². The zero-order chi connectivity index (χ0) is 15.0. The first-order chi connectivity index (χ1) is 9.54. The van der Waals surface area contributed by atoms with E-state index in [1.54, 1.807) is 0 Å². The molecule has 0 aromatic rings. The lowest BCUT2D eigenvalue weighted by Crippen LogP contribution is -2.37. The Morgan fingerprint density at radius 3 is 2.20 bits per heavy atom.